The molecule has 37 heavy (non-hydrogen) atoms. The fourth-order valence-electron chi connectivity index (χ4n) is 4.10. The zero-order chi connectivity index (χ0) is 25.9. The first-order valence-corrected chi connectivity index (χ1v) is 11.9. The molecular formula is C29H26FN7. The van der Waals surface area contributed by atoms with Crippen molar-refractivity contribution in [2.24, 2.45) is 0 Å². The molecule has 0 saturated carbocycles. The fourth-order valence-corrected chi connectivity index (χ4v) is 4.10. The van der Waals surface area contributed by atoms with Crippen molar-refractivity contribution in [3.63, 3.8) is 0 Å². The van der Waals surface area contributed by atoms with Gasteiger partial charge in [-0.2, -0.15) is 5.10 Å². The van der Waals surface area contributed by atoms with E-state index in [4.69, 9.17) is 4.98 Å². The van der Waals surface area contributed by atoms with Crippen LogP contribution in [0.5, 0.6) is 0 Å². The van der Waals surface area contributed by atoms with E-state index in [9.17, 15) is 0 Å². The molecular weight excluding hydrogens is 465 g/mol. The number of hydrogen-bond acceptors (Lipinski definition) is 5. The summed E-state index contributed by atoms with van der Waals surface area (Å²) in [5.74, 6) is -0.0699. The lowest BCUT2D eigenvalue weighted by atomic mass is 10.1. The number of nitrogens with zero attached hydrogens (tertiary/aromatic N) is 4. The van der Waals surface area contributed by atoms with Crippen LogP contribution in [-0.4, -0.2) is 30.1 Å². The van der Waals surface area contributed by atoms with Gasteiger partial charge in [0.2, 0.25) is 0 Å². The molecule has 0 fully saturated rings. The SMILES string of the molecule is C=C(CC)Nc1cncc(C(=C)/C(F)=c2/c(-c3nc4c(-c5cccnc5)cccc4[nH]3)n[nH]/c2=C/C)c1. The summed E-state index contributed by atoms with van der Waals surface area (Å²) in [5, 5.41) is 11.3. The van der Waals surface area contributed by atoms with E-state index in [0.29, 0.717) is 28.1 Å². The number of rotatable bonds is 7. The van der Waals surface area contributed by atoms with Crippen LogP contribution >= 0.6 is 0 Å². The number of halogens is 1. The molecule has 3 N–H and O–H groups in total. The molecule has 5 rings (SSSR count). The number of nitrogens with one attached hydrogen (secondary N) is 3. The maximum absolute atomic E-state index is 16.1. The van der Waals surface area contributed by atoms with Crippen molar-refractivity contribution in [3.05, 3.63) is 96.2 Å². The number of aromatic amines is 2. The predicted octanol–water partition coefficient (Wildman–Crippen LogP) is 5.34. The maximum Gasteiger partial charge on any atom is 0.159 e. The number of fused-ring (bicyclic) bond motifs is 1. The molecule has 0 radical (unpaired) electrons. The molecule has 0 aliphatic heterocycles. The van der Waals surface area contributed by atoms with Gasteiger partial charge in [-0.25, -0.2) is 9.37 Å². The molecule has 0 aliphatic rings. The van der Waals surface area contributed by atoms with Gasteiger partial charge in [0, 0.05) is 46.6 Å². The van der Waals surface area contributed by atoms with E-state index in [1.54, 1.807) is 36.9 Å². The summed E-state index contributed by atoms with van der Waals surface area (Å²) < 4.78 is 16.1. The van der Waals surface area contributed by atoms with Crippen molar-refractivity contribution < 1.29 is 4.39 Å². The summed E-state index contributed by atoms with van der Waals surface area (Å²) in [6.07, 6.45) is 9.29. The molecule has 8 heteroatoms. The van der Waals surface area contributed by atoms with Gasteiger partial charge in [0.15, 0.2) is 5.82 Å². The zero-order valence-electron chi connectivity index (χ0n) is 20.6. The lowest BCUT2D eigenvalue weighted by Gasteiger charge is -2.09. The Kier molecular flexibility index (Phi) is 6.47. The lowest BCUT2D eigenvalue weighted by Crippen LogP contribution is -2.26. The minimum absolute atomic E-state index is 0.191. The highest BCUT2D eigenvalue weighted by molar-refractivity contribution is 5.96. The van der Waals surface area contributed by atoms with Crippen LogP contribution in [0, 0.1) is 0 Å². The van der Waals surface area contributed by atoms with E-state index >= 15 is 4.39 Å². The van der Waals surface area contributed by atoms with Crippen LogP contribution in [0.2, 0.25) is 0 Å². The van der Waals surface area contributed by atoms with E-state index in [0.717, 1.165) is 34.3 Å². The second kappa shape index (κ2) is 10.0. The second-order valence-electron chi connectivity index (χ2n) is 8.52. The fraction of sp³-hybridized carbons (Fsp3) is 0.103. The Balaban J connectivity index is 1.64. The summed E-state index contributed by atoms with van der Waals surface area (Å²) in [5.41, 5.74) is 6.07. The minimum atomic E-state index is -0.516. The molecule has 0 amide bonds. The van der Waals surface area contributed by atoms with Crippen LogP contribution in [0.1, 0.15) is 25.8 Å². The molecule has 0 aliphatic carbocycles. The summed E-state index contributed by atoms with van der Waals surface area (Å²) in [6, 6.07) is 11.5. The Morgan fingerprint density at radius 2 is 1.97 bits per heavy atom. The van der Waals surface area contributed by atoms with Crippen molar-refractivity contribution in [2.45, 2.75) is 20.3 Å². The van der Waals surface area contributed by atoms with Crippen LogP contribution < -0.4 is 15.9 Å². The largest absolute Gasteiger partial charge is 0.358 e. The van der Waals surface area contributed by atoms with Gasteiger partial charge in [0.25, 0.3) is 0 Å². The highest BCUT2D eigenvalue weighted by atomic mass is 19.1. The van der Waals surface area contributed by atoms with Gasteiger partial charge in [-0.3, -0.25) is 15.1 Å². The summed E-state index contributed by atoms with van der Waals surface area (Å²) in [4.78, 5) is 16.6. The Hall–Kier alpha value is -4.85. The molecule has 5 aromatic rings. The first-order chi connectivity index (χ1) is 18.0. The minimum Gasteiger partial charge on any atom is -0.358 e. The van der Waals surface area contributed by atoms with Gasteiger partial charge in [0.1, 0.15) is 11.5 Å². The monoisotopic (exact) mass is 491 g/mol. The molecule has 4 aromatic heterocycles. The Labute approximate surface area is 213 Å². The van der Waals surface area contributed by atoms with Gasteiger partial charge in [-0.1, -0.05) is 44.4 Å². The number of hydrogen-bond donors (Lipinski definition) is 3. The zero-order valence-corrected chi connectivity index (χ0v) is 20.6. The molecule has 7 nitrogen and oxygen atoms in total. The molecule has 184 valence electrons. The number of H-pyrrole nitrogens is 2. The number of para-hydroxylation sites is 1. The number of allylic oxidation sites excluding steroid dienone is 2. The molecule has 0 bridgehead atoms. The third kappa shape index (κ3) is 4.56. The van der Waals surface area contributed by atoms with Crippen molar-refractivity contribution >= 4 is 34.2 Å². The van der Waals surface area contributed by atoms with Gasteiger partial charge in [-0.15, -0.1) is 0 Å². The summed E-state index contributed by atoms with van der Waals surface area (Å²) >= 11 is 0. The van der Waals surface area contributed by atoms with Crippen LogP contribution in [0.15, 0.2) is 80.0 Å². The van der Waals surface area contributed by atoms with E-state index in [1.165, 1.54) is 0 Å². The lowest BCUT2D eigenvalue weighted by molar-refractivity contribution is 0.764. The van der Waals surface area contributed by atoms with Crippen LogP contribution in [0.3, 0.4) is 0 Å². The number of aromatic nitrogens is 6. The average molecular weight is 492 g/mol. The van der Waals surface area contributed by atoms with Crippen molar-refractivity contribution in [2.75, 3.05) is 5.32 Å². The van der Waals surface area contributed by atoms with Crippen molar-refractivity contribution in [3.8, 4) is 22.6 Å². The predicted molar refractivity (Wildman–Crippen MR) is 147 cm³/mol. The number of pyridine rings is 2. The Morgan fingerprint density at radius 3 is 2.73 bits per heavy atom. The number of imidazole rings is 1. The van der Waals surface area contributed by atoms with Crippen LogP contribution in [0.4, 0.5) is 10.1 Å². The van der Waals surface area contributed by atoms with E-state index < -0.39 is 5.83 Å². The van der Waals surface area contributed by atoms with E-state index in [2.05, 4.69) is 43.6 Å². The smallest absolute Gasteiger partial charge is 0.159 e. The highest BCUT2D eigenvalue weighted by Gasteiger charge is 2.18. The van der Waals surface area contributed by atoms with Gasteiger partial charge in [0.05, 0.1) is 33.5 Å². The van der Waals surface area contributed by atoms with Crippen LogP contribution in [-0.2, 0) is 0 Å². The average Bonchev–Trinajstić information content (AvgIpc) is 3.57. The second-order valence-corrected chi connectivity index (χ2v) is 8.52. The van der Waals surface area contributed by atoms with Crippen molar-refractivity contribution in [1.29, 1.82) is 0 Å². The third-order valence-corrected chi connectivity index (χ3v) is 6.11. The first kappa shape index (κ1) is 23.9. The van der Waals surface area contributed by atoms with Gasteiger partial charge < -0.3 is 10.3 Å². The third-order valence-electron chi connectivity index (χ3n) is 6.11. The molecule has 0 atom stereocenters. The molecule has 4 heterocycles. The quantitative estimate of drug-likeness (QED) is 0.286. The Morgan fingerprint density at radius 1 is 1.11 bits per heavy atom. The first-order valence-electron chi connectivity index (χ1n) is 11.9. The molecule has 0 saturated heterocycles. The number of benzene rings is 1. The standard InChI is InChI=1S/C29H26FN7/c1-5-17(3)33-21-13-20(15-32-16-21)18(4)26(30)25-23(6-2)36-37-28(25)29-34-24-11-7-10-22(27(24)35-29)19-9-8-12-31-14-19/h6-16,33,36H,3-5H2,1-2H3,(H,34,35)/b23-6+,26-25-. The highest BCUT2D eigenvalue weighted by Crippen LogP contribution is 2.29. The maximum atomic E-state index is 16.1. The molecule has 0 spiro atoms. The number of anilines is 1. The van der Waals surface area contributed by atoms with Gasteiger partial charge >= 0.3 is 0 Å². The Bertz CT molecular complexity index is 1750. The topological polar surface area (TPSA) is 95.2 Å². The molecule has 1 aromatic carbocycles. The van der Waals surface area contributed by atoms with Crippen LogP contribution in [0.25, 0.3) is 51.2 Å². The van der Waals surface area contributed by atoms with E-state index in [-0.39, 0.29) is 10.8 Å². The van der Waals surface area contributed by atoms with Crippen molar-refractivity contribution in [1.82, 2.24) is 30.1 Å². The molecule has 0 unspecified atom stereocenters. The van der Waals surface area contributed by atoms with Gasteiger partial charge in [-0.05, 0) is 31.5 Å². The summed E-state index contributed by atoms with van der Waals surface area (Å²) in [6.45, 7) is 11.8. The van der Waals surface area contributed by atoms with E-state index in [1.807, 2.05) is 44.2 Å². The normalized spacial score (nSPS) is 12.6. The summed E-state index contributed by atoms with van der Waals surface area (Å²) in [7, 11) is 0.